The molecule has 2 rings (SSSR count). The molecule has 5 heteroatoms. The second kappa shape index (κ2) is 7.25. The maximum atomic E-state index is 11.9. The molecule has 0 saturated carbocycles. The number of hydrogen-bond acceptors (Lipinski definition) is 4. The van der Waals surface area contributed by atoms with Crippen LogP contribution in [0.25, 0.3) is 0 Å². The standard InChI is InChI=1S/C15H17N3O2/c19-10-4-9-16-14-8-7-13(11-17-14)18-15(20)12-5-2-1-3-6-12/h1-3,5-8,11,19H,4,9-10H2,(H,16,17)(H,18,20). The van der Waals surface area contributed by atoms with Crippen LogP contribution in [-0.2, 0) is 0 Å². The summed E-state index contributed by atoms with van der Waals surface area (Å²) in [6.07, 6.45) is 2.27. The predicted molar refractivity (Wildman–Crippen MR) is 78.8 cm³/mol. The second-order valence-electron chi connectivity index (χ2n) is 4.26. The van der Waals surface area contributed by atoms with E-state index in [-0.39, 0.29) is 12.5 Å². The number of aliphatic hydroxyl groups excluding tert-OH is 1. The van der Waals surface area contributed by atoms with Crippen LogP contribution >= 0.6 is 0 Å². The summed E-state index contributed by atoms with van der Waals surface area (Å²) in [5.74, 6) is 0.560. The number of carbonyl (C=O) groups excluding carboxylic acids is 1. The van der Waals surface area contributed by atoms with Gasteiger partial charge in [-0.3, -0.25) is 4.79 Å². The summed E-state index contributed by atoms with van der Waals surface area (Å²) < 4.78 is 0. The van der Waals surface area contributed by atoms with Crippen molar-refractivity contribution in [1.29, 1.82) is 0 Å². The third-order valence-electron chi connectivity index (χ3n) is 2.70. The van der Waals surface area contributed by atoms with E-state index in [1.165, 1.54) is 0 Å². The van der Waals surface area contributed by atoms with E-state index < -0.39 is 0 Å². The molecule has 0 atom stereocenters. The Bertz CT molecular complexity index is 541. The van der Waals surface area contributed by atoms with Crippen LogP contribution in [0.15, 0.2) is 48.7 Å². The van der Waals surface area contributed by atoms with Crippen LogP contribution in [0.5, 0.6) is 0 Å². The zero-order valence-electron chi connectivity index (χ0n) is 11.0. The second-order valence-corrected chi connectivity index (χ2v) is 4.26. The highest BCUT2D eigenvalue weighted by Crippen LogP contribution is 2.11. The molecule has 1 aromatic carbocycles. The molecule has 0 unspecified atom stereocenters. The summed E-state index contributed by atoms with van der Waals surface area (Å²) in [7, 11) is 0. The minimum atomic E-state index is -0.159. The zero-order chi connectivity index (χ0) is 14.2. The van der Waals surface area contributed by atoms with Crippen LogP contribution in [0.3, 0.4) is 0 Å². The first-order valence-electron chi connectivity index (χ1n) is 6.47. The number of amides is 1. The SMILES string of the molecule is O=C(Nc1ccc(NCCCO)nc1)c1ccccc1. The summed E-state index contributed by atoms with van der Waals surface area (Å²) in [6, 6.07) is 12.6. The Labute approximate surface area is 117 Å². The quantitative estimate of drug-likeness (QED) is 0.704. The number of aromatic nitrogens is 1. The number of hydrogen-bond donors (Lipinski definition) is 3. The molecule has 0 bridgehead atoms. The Balaban J connectivity index is 1.92. The average Bonchev–Trinajstić information content (AvgIpc) is 2.50. The normalized spacial score (nSPS) is 10.1. The van der Waals surface area contributed by atoms with Crippen molar-refractivity contribution in [2.75, 3.05) is 23.8 Å². The minimum absolute atomic E-state index is 0.151. The Kier molecular flexibility index (Phi) is 5.08. The summed E-state index contributed by atoms with van der Waals surface area (Å²) in [5.41, 5.74) is 1.25. The smallest absolute Gasteiger partial charge is 0.255 e. The fraction of sp³-hybridized carbons (Fsp3) is 0.200. The summed E-state index contributed by atoms with van der Waals surface area (Å²) >= 11 is 0. The van der Waals surface area contributed by atoms with Crippen LogP contribution in [0, 0.1) is 0 Å². The summed E-state index contributed by atoms with van der Waals surface area (Å²) in [6.45, 7) is 0.817. The van der Waals surface area contributed by atoms with Crippen molar-refractivity contribution >= 4 is 17.4 Å². The van der Waals surface area contributed by atoms with E-state index in [2.05, 4.69) is 15.6 Å². The number of nitrogens with one attached hydrogen (secondary N) is 2. The van der Waals surface area contributed by atoms with Gasteiger partial charge in [0.1, 0.15) is 5.82 Å². The Hall–Kier alpha value is -2.40. The molecule has 1 aromatic heterocycles. The van der Waals surface area contributed by atoms with Crippen molar-refractivity contribution < 1.29 is 9.90 Å². The van der Waals surface area contributed by atoms with Gasteiger partial charge < -0.3 is 15.7 Å². The molecule has 0 spiro atoms. The molecule has 0 aliphatic rings. The number of nitrogens with zero attached hydrogens (tertiary/aromatic N) is 1. The fourth-order valence-electron chi connectivity index (χ4n) is 1.66. The third-order valence-corrected chi connectivity index (χ3v) is 2.70. The summed E-state index contributed by atoms with van der Waals surface area (Å²) in [5, 5.41) is 14.5. The maximum absolute atomic E-state index is 11.9. The molecular weight excluding hydrogens is 254 g/mol. The van der Waals surface area contributed by atoms with Gasteiger partial charge >= 0.3 is 0 Å². The number of rotatable bonds is 6. The lowest BCUT2D eigenvalue weighted by molar-refractivity contribution is 0.102. The highest BCUT2D eigenvalue weighted by atomic mass is 16.3. The molecule has 0 radical (unpaired) electrons. The van der Waals surface area contributed by atoms with Gasteiger partial charge in [0.15, 0.2) is 0 Å². The fourth-order valence-corrected chi connectivity index (χ4v) is 1.66. The molecule has 3 N–H and O–H groups in total. The van der Waals surface area contributed by atoms with Gasteiger partial charge in [0.2, 0.25) is 0 Å². The lowest BCUT2D eigenvalue weighted by Crippen LogP contribution is -2.12. The van der Waals surface area contributed by atoms with Gasteiger partial charge in [0.25, 0.3) is 5.91 Å². The molecule has 2 aromatic rings. The van der Waals surface area contributed by atoms with E-state index in [4.69, 9.17) is 5.11 Å². The summed E-state index contributed by atoms with van der Waals surface area (Å²) in [4.78, 5) is 16.1. The van der Waals surface area contributed by atoms with Crippen LogP contribution in [0.4, 0.5) is 11.5 Å². The first-order chi connectivity index (χ1) is 9.79. The number of anilines is 2. The predicted octanol–water partition coefficient (Wildman–Crippen LogP) is 2.13. The number of aliphatic hydroxyl groups is 1. The molecule has 0 fully saturated rings. The highest BCUT2D eigenvalue weighted by molar-refractivity contribution is 6.04. The van der Waals surface area contributed by atoms with E-state index in [0.717, 1.165) is 5.82 Å². The Morgan fingerprint density at radius 1 is 1.15 bits per heavy atom. The van der Waals surface area contributed by atoms with Crippen molar-refractivity contribution in [3.63, 3.8) is 0 Å². The van der Waals surface area contributed by atoms with Gasteiger partial charge in [-0.2, -0.15) is 0 Å². The Morgan fingerprint density at radius 2 is 1.95 bits per heavy atom. The van der Waals surface area contributed by atoms with E-state index in [0.29, 0.717) is 24.2 Å². The highest BCUT2D eigenvalue weighted by Gasteiger charge is 2.05. The van der Waals surface area contributed by atoms with Crippen LogP contribution < -0.4 is 10.6 Å². The van der Waals surface area contributed by atoms with Crippen molar-refractivity contribution in [2.24, 2.45) is 0 Å². The molecule has 0 aliphatic carbocycles. The van der Waals surface area contributed by atoms with E-state index >= 15 is 0 Å². The first-order valence-corrected chi connectivity index (χ1v) is 6.47. The molecular formula is C15H17N3O2. The molecule has 104 valence electrons. The molecule has 5 nitrogen and oxygen atoms in total. The molecule has 20 heavy (non-hydrogen) atoms. The lowest BCUT2D eigenvalue weighted by atomic mass is 10.2. The average molecular weight is 271 g/mol. The zero-order valence-corrected chi connectivity index (χ0v) is 11.0. The first kappa shape index (κ1) is 14.0. The number of pyridine rings is 1. The lowest BCUT2D eigenvalue weighted by Gasteiger charge is -2.07. The van der Waals surface area contributed by atoms with Crippen molar-refractivity contribution in [2.45, 2.75) is 6.42 Å². The van der Waals surface area contributed by atoms with Crippen LogP contribution in [0.2, 0.25) is 0 Å². The molecule has 0 aliphatic heterocycles. The van der Waals surface area contributed by atoms with Gasteiger partial charge in [-0.1, -0.05) is 18.2 Å². The van der Waals surface area contributed by atoms with Crippen LogP contribution in [-0.4, -0.2) is 29.1 Å². The van der Waals surface area contributed by atoms with Crippen LogP contribution in [0.1, 0.15) is 16.8 Å². The van der Waals surface area contributed by atoms with E-state index in [1.54, 1.807) is 30.5 Å². The van der Waals surface area contributed by atoms with Gasteiger partial charge in [-0.15, -0.1) is 0 Å². The number of carbonyl (C=O) groups is 1. The van der Waals surface area contributed by atoms with Gasteiger partial charge in [-0.25, -0.2) is 4.98 Å². The van der Waals surface area contributed by atoms with E-state index in [9.17, 15) is 4.79 Å². The minimum Gasteiger partial charge on any atom is -0.396 e. The topological polar surface area (TPSA) is 74.2 Å². The van der Waals surface area contributed by atoms with Crippen molar-refractivity contribution in [1.82, 2.24) is 4.98 Å². The van der Waals surface area contributed by atoms with Crippen molar-refractivity contribution in [3.05, 3.63) is 54.2 Å². The third kappa shape index (κ3) is 4.07. The number of benzene rings is 1. The van der Waals surface area contributed by atoms with Gasteiger partial charge in [0.05, 0.1) is 11.9 Å². The van der Waals surface area contributed by atoms with Gasteiger partial charge in [0, 0.05) is 18.7 Å². The van der Waals surface area contributed by atoms with Gasteiger partial charge in [-0.05, 0) is 30.7 Å². The largest absolute Gasteiger partial charge is 0.396 e. The molecule has 1 amide bonds. The van der Waals surface area contributed by atoms with Crippen molar-refractivity contribution in [3.8, 4) is 0 Å². The van der Waals surface area contributed by atoms with E-state index in [1.807, 2.05) is 18.2 Å². The molecule has 0 saturated heterocycles. The monoisotopic (exact) mass is 271 g/mol. The maximum Gasteiger partial charge on any atom is 0.255 e. The molecule has 1 heterocycles. The Morgan fingerprint density at radius 3 is 2.60 bits per heavy atom.